The fraction of sp³-hybridized carbons (Fsp3) is 0.333. The second-order valence-corrected chi connectivity index (χ2v) is 4.73. The summed E-state index contributed by atoms with van der Waals surface area (Å²) in [6.07, 6.45) is -1.55. The Labute approximate surface area is 113 Å². The van der Waals surface area contributed by atoms with E-state index in [-0.39, 0.29) is 30.4 Å². The van der Waals surface area contributed by atoms with Gasteiger partial charge >= 0.3 is 5.97 Å². The normalized spacial score (nSPS) is 11.9. The molecule has 1 amide bonds. The Morgan fingerprint density at radius 2 is 2.05 bits per heavy atom. The number of nitrogens with one attached hydrogen (secondary N) is 1. The maximum atomic E-state index is 13.2. The van der Waals surface area contributed by atoms with Crippen molar-refractivity contribution in [2.45, 2.75) is 17.4 Å². The highest BCUT2D eigenvalue weighted by atomic mass is 32.2. The quantitative estimate of drug-likeness (QED) is 0.648. The molecule has 0 saturated carbocycles. The van der Waals surface area contributed by atoms with Crippen molar-refractivity contribution < 1.29 is 24.2 Å². The van der Waals surface area contributed by atoms with Crippen molar-refractivity contribution in [2.24, 2.45) is 0 Å². The smallest absolute Gasteiger partial charge is 0.332 e. The number of carbonyl (C=O) groups excluding carboxylic acids is 1. The number of carbonyl (C=O) groups is 2. The summed E-state index contributed by atoms with van der Waals surface area (Å²) in [5.41, 5.74) is 0. The second-order valence-electron chi connectivity index (χ2n) is 3.71. The van der Waals surface area contributed by atoms with E-state index in [2.05, 4.69) is 5.32 Å². The van der Waals surface area contributed by atoms with Crippen LogP contribution in [-0.2, 0) is 9.59 Å². The van der Waals surface area contributed by atoms with E-state index < -0.39 is 12.1 Å². The number of aliphatic carboxylic acids is 1. The van der Waals surface area contributed by atoms with Crippen LogP contribution in [0.25, 0.3) is 0 Å². The summed E-state index contributed by atoms with van der Waals surface area (Å²) in [5.74, 6) is -2.02. The summed E-state index contributed by atoms with van der Waals surface area (Å²) in [4.78, 5) is 22.1. The number of carboxylic acid groups (broad SMARTS) is 1. The van der Waals surface area contributed by atoms with Crippen molar-refractivity contribution >= 4 is 23.6 Å². The van der Waals surface area contributed by atoms with Gasteiger partial charge in [0.2, 0.25) is 5.91 Å². The number of rotatable bonds is 7. The van der Waals surface area contributed by atoms with Crippen molar-refractivity contribution in [2.75, 3.05) is 12.3 Å². The van der Waals surface area contributed by atoms with Crippen LogP contribution in [0.3, 0.4) is 0 Å². The largest absolute Gasteiger partial charge is 0.479 e. The van der Waals surface area contributed by atoms with Gasteiger partial charge in [0.15, 0.2) is 6.10 Å². The fourth-order valence-electron chi connectivity index (χ4n) is 1.23. The molecule has 0 radical (unpaired) electrons. The number of thioether (sulfide) groups is 1. The molecule has 104 valence electrons. The minimum Gasteiger partial charge on any atom is -0.479 e. The Bertz CT molecular complexity index is 455. The summed E-state index contributed by atoms with van der Waals surface area (Å²) < 4.78 is 13.2. The molecule has 19 heavy (non-hydrogen) atoms. The Hall–Kier alpha value is -1.60. The van der Waals surface area contributed by atoms with Gasteiger partial charge in [-0.1, -0.05) is 12.1 Å². The van der Waals surface area contributed by atoms with Gasteiger partial charge in [-0.15, -0.1) is 11.8 Å². The molecule has 0 aliphatic carbocycles. The van der Waals surface area contributed by atoms with Crippen LogP contribution in [-0.4, -0.2) is 40.5 Å². The maximum absolute atomic E-state index is 13.2. The van der Waals surface area contributed by atoms with E-state index in [9.17, 15) is 14.0 Å². The van der Waals surface area contributed by atoms with Gasteiger partial charge in [-0.25, -0.2) is 9.18 Å². The van der Waals surface area contributed by atoms with Gasteiger partial charge in [0.25, 0.3) is 0 Å². The van der Waals surface area contributed by atoms with Gasteiger partial charge in [0.05, 0.1) is 5.75 Å². The highest BCUT2D eigenvalue weighted by Gasteiger charge is 2.13. The van der Waals surface area contributed by atoms with E-state index >= 15 is 0 Å². The lowest BCUT2D eigenvalue weighted by Gasteiger charge is -2.07. The van der Waals surface area contributed by atoms with E-state index in [0.29, 0.717) is 4.90 Å². The zero-order chi connectivity index (χ0) is 14.3. The van der Waals surface area contributed by atoms with Gasteiger partial charge in [-0.2, -0.15) is 0 Å². The number of carboxylic acids is 1. The molecule has 0 bridgehead atoms. The van der Waals surface area contributed by atoms with Crippen LogP contribution in [0.4, 0.5) is 4.39 Å². The first-order chi connectivity index (χ1) is 9.00. The molecule has 3 N–H and O–H groups in total. The summed E-state index contributed by atoms with van der Waals surface area (Å²) >= 11 is 1.05. The van der Waals surface area contributed by atoms with Gasteiger partial charge < -0.3 is 15.5 Å². The number of aliphatic hydroxyl groups excluding tert-OH is 1. The highest BCUT2D eigenvalue weighted by Crippen LogP contribution is 2.20. The first-order valence-corrected chi connectivity index (χ1v) is 6.54. The van der Waals surface area contributed by atoms with Gasteiger partial charge in [0, 0.05) is 17.9 Å². The molecule has 1 aromatic rings. The molecule has 7 heteroatoms. The lowest BCUT2D eigenvalue weighted by atomic mass is 10.2. The average Bonchev–Trinajstić information content (AvgIpc) is 2.37. The Kier molecular flexibility index (Phi) is 6.31. The van der Waals surface area contributed by atoms with Gasteiger partial charge in [0.1, 0.15) is 5.82 Å². The topological polar surface area (TPSA) is 86.6 Å². The molecule has 0 aliphatic rings. The molecule has 0 saturated heterocycles. The molecule has 0 unspecified atom stereocenters. The molecule has 1 rings (SSSR count). The lowest BCUT2D eigenvalue weighted by molar-refractivity contribution is -0.147. The standard InChI is InChI=1S/C12H14FNO4S/c13-8-3-1-2-4-10(8)19-7-11(16)14-6-5-9(15)12(17)18/h1-4,9,15H,5-7H2,(H,14,16)(H,17,18)/t9-/m0/s1. The van der Waals surface area contributed by atoms with Crippen LogP contribution < -0.4 is 5.32 Å². The molecular formula is C12H14FNO4S. The first-order valence-electron chi connectivity index (χ1n) is 5.55. The molecule has 5 nitrogen and oxygen atoms in total. The van der Waals surface area contributed by atoms with Crippen LogP contribution in [0.1, 0.15) is 6.42 Å². The molecule has 0 heterocycles. The van der Waals surface area contributed by atoms with Crippen molar-refractivity contribution in [1.29, 1.82) is 0 Å². The zero-order valence-corrected chi connectivity index (χ0v) is 10.8. The summed E-state index contributed by atoms with van der Waals surface area (Å²) in [5, 5.41) is 19.9. The second kappa shape index (κ2) is 7.75. The van der Waals surface area contributed by atoms with Crippen molar-refractivity contribution in [1.82, 2.24) is 5.32 Å². The molecule has 0 fully saturated rings. The first kappa shape index (κ1) is 15.5. The number of aliphatic hydroxyl groups is 1. The van der Waals surface area contributed by atoms with Gasteiger partial charge in [-0.05, 0) is 12.1 Å². The lowest BCUT2D eigenvalue weighted by Crippen LogP contribution is -2.31. The average molecular weight is 287 g/mol. The SMILES string of the molecule is O=C(CSc1ccccc1F)NCC[C@H](O)C(=O)O. The number of amides is 1. The molecular weight excluding hydrogens is 273 g/mol. The maximum Gasteiger partial charge on any atom is 0.332 e. The van der Waals surface area contributed by atoms with E-state index in [1.54, 1.807) is 18.2 Å². The highest BCUT2D eigenvalue weighted by molar-refractivity contribution is 8.00. The zero-order valence-electron chi connectivity index (χ0n) is 10.0. The predicted octanol–water partition coefficient (Wildman–Crippen LogP) is 0.870. The third-order valence-corrected chi connectivity index (χ3v) is 3.27. The Morgan fingerprint density at radius 3 is 2.68 bits per heavy atom. The fourth-order valence-corrected chi connectivity index (χ4v) is 2.00. The minimum atomic E-state index is -1.49. The van der Waals surface area contributed by atoms with Crippen molar-refractivity contribution in [3.8, 4) is 0 Å². The molecule has 0 spiro atoms. The Morgan fingerprint density at radius 1 is 1.37 bits per heavy atom. The summed E-state index contributed by atoms with van der Waals surface area (Å²) in [7, 11) is 0. The minimum absolute atomic E-state index is 0.0318. The van der Waals surface area contributed by atoms with Crippen LogP contribution >= 0.6 is 11.8 Å². The third kappa shape index (κ3) is 5.71. The number of halogens is 1. The van der Waals surface area contributed by atoms with Crippen molar-refractivity contribution in [3.05, 3.63) is 30.1 Å². The summed E-state index contributed by atoms with van der Waals surface area (Å²) in [6, 6.07) is 6.12. The van der Waals surface area contributed by atoms with E-state index in [1.165, 1.54) is 6.07 Å². The molecule has 0 aliphatic heterocycles. The third-order valence-electron chi connectivity index (χ3n) is 2.22. The van der Waals surface area contributed by atoms with E-state index in [4.69, 9.17) is 10.2 Å². The van der Waals surface area contributed by atoms with Crippen LogP contribution in [0.15, 0.2) is 29.2 Å². The number of hydrogen-bond donors (Lipinski definition) is 3. The predicted molar refractivity (Wildman–Crippen MR) is 68.4 cm³/mol. The summed E-state index contributed by atoms with van der Waals surface area (Å²) in [6.45, 7) is 0.0597. The van der Waals surface area contributed by atoms with E-state index in [1.807, 2.05) is 0 Å². The van der Waals surface area contributed by atoms with Crippen molar-refractivity contribution in [3.63, 3.8) is 0 Å². The Balaban J connectivity index is 2.25. The number of hydrogen-bond acceptors (Lipinski definition) is 4. The monoisotopic (exact) mass is 287 g/mol. The molecule has 0 aromatic heterocycles. The van der Waals surface area contributed by atoms with Crippen LogP contribution in [0, 0.1) is 5.82 Å². The molecule has 1 atom stereocenters. The van der Waals surface area contributed by atoms with Crippen LogP contribution in [0.2, 0.25) is 0 Å². The van der Waals surface area contributed by atoms with Gasteiger partial charge in [-0.3, -0.25) is 4.79 Å². The van der Waals surface area contributed by atoms with E-state index in [0.717, 1.165) is 11.8 Å². The number of benzene rings is 1. The van der Waals surface area contributed by atoms with Crippen LogP contribution in [0.5, 0.6) is 0 Å². The molecule has 1 aromatic carbocycles.